The van der Waals surface area contributed by atoms with Crippen molar-refractivity contribution in [3.63, 3.8) is 0 Å². The minimum absolute atomic E-state index is 0.0594. The summed E-state index contributed by atoms with van der Waals surface area (Å²) in [6.07, 6.45) is 3.77. The van der Waals surface area contributed by atoms with E-state index in [4.69, 9.17) is 14.7 Å². The van der Waals surface area contributed by atoms with E-state index in [9.17, 15) is 4.79 Å². The average molecular weight is 341 g/mol. The first-order valence-electron chi connectivity index (χ1n) is 8.11. The van der Waals surface area contributed by atoms with Crippen molar-refractivity contribution in [1.82, 2.24) is 20.1 Å². The van der Waals surface area contributed by atoms with E-state index in [1.165, 1.54) is 6.33 Å². The Labute approximate surface area is 145 Å². The smallest absolute Gasteiger partial charge is 0.222 e. The number of nitriles is 1. The van der Waals surface area contributed by atoms with Crippen molar-refractivity contribution in [2.45, 2.75) is 31.5 Å². The van der Waals surface area contributed by atoms with Crippen molar-refractivity contribution in [1.29, 1.82) is 5.26 Å². The van der Waals surface area contributed by atoms with Gasteiger partial charge in [0.1, 0.15) is 24.5 Å². The molecular weight excluding hydrogens is 322 g/mol. The molecule has 0 saturated carbocycles. The summed E-state index contributed by atoms with van der Waals surface area (Å²) >= 11 is 0. The van der Waals surface area contributed by atoms with Gasteiger partial charge in [0.05, 0.1) is 30.8 Å². The fraction of sp³-hybridized carbons (Fsp3) is 0.412. The number of aromatic nitrogens is 3. The minimum atomic E-state index is -0.267. The Balaban J connectivity index is 1.54. The third-order valence-electron chi connectivity index (χ3n) is 3.96. The van der Waals surface area contributed by atoms with Crippen LogP contribution in [0.5, 0.6) is 5.75 Å². The topological polar surface area (TPSA) is 102 Å². The highest BCUT2D eigenvalue weighted by atomic mass is 16.5. The van der Waals surface area contributed by atoms with Crippen molar-refractivity contribution in [2.24, 2.45) is 0 Å². The Kier molecular flexibility index (Phi) is 5.59. The summed E-state index contributed by atoms with van der Waals surface area (Å²) in [5.74, 6) is 0.590. The normalized spacial score (nSPS) is 19.8. The number of hydrogen-bond donors (Lipinski definition) is 1. The second-order valence-electron chi connectivity index (χ2n) is 5.74. The number of carbonyl (C=O) groups is 1. The quantitative estimate of drug-likeness (QED) is 0.837. The first-order chi connectivity index (χ1) is 12.2. The van der Waals surface area contributed by atoms with Crippen LogP contribution < -0.4 is 10.1 Å². The van der Waals surface area contributed by atoms with E-state index in [1.807, 2.05) is 0 Å². The summed E-state index contributed by atoms with van der Waals surface area (Å²) in [4.78, 5) is 16.0. The molecule has 3 rings (SSSR count). The van der Waals surface area contributed by atoms with Gasteiger partial charge in [-0.05, 0) is 30.7 Å². The van der Waals surface area contributed by atoms with Crippen LogP contribution in [0.3, 0.4) is 0 Å². The number of ether oxygens (including phenoxy) is 2. The molecule has 0 unspecified atom stereocenters. The molecule has 2 heterocycles. The number of hydrogen-bond acceptors (Lipinski definition) is 6. The lowest BCUT2D eigenvalue weighted by Gasteiger charge is -2.32. The fourth-order valence-electron chi connectivity index (χ4n) is 2.62. The standard InChI is InChI=1S/C17H19N5O3/c18-9-13-1-3-14(4-2-13)25-16-10-24-8-6-15(16)21-17(23)5-7-22-12-19-11-20-22/h1-4,11-12,15-16H,5-8,10H2,(H,21,23)/t15-,16-/m1/s1. The van der Waals surface area contributed by atoms with Crippen LogP contribution >= 0.6 is 0 Å². The van der Waals surface area contributed by atoms with E-state index in [0.29, 0.717) is 43.9 Å². The molecule has 1 saturated heterocycles. The van der Waals surface area contributed by atoms with Crippen molar-refractivity contribution >= 4 is 5.91 Å². The molecule has 2 atom stereocenters. The molecule has 130 valence electrons. The van der Waals surface area contributed by atoms with Gasteiger partial charge in [0.25, 0.3) is 0 Å². The van der Waals surface area contributed by atoms with Crippen molar-refractivity contribution in [2.75, 3.05) is 13.2 Å². The average Bonchev–Trinajstić information content (AvgIpc) is 3.16. The highest BCUT2D eigenvalue weighted by molar-refractivity contribution is 5.76. The lowest BCUT2D eigenvalue weighted by molar-refractivity contribution is -0.124. The van der Waals surface area contributed by atoms with Crippen LogP contribution in [0, 0.1) is 11.3 Å². The molecule has 0 spiro atoms. The van der Waals surface area contributed by atoms with Crippen molar-refractivity contribution < 1.29 is 14.3 Å². The molecule has 0 radical (unpaired) electrons. The highest BCUT2D eigenvalue weighted by Crippen LogP contribution is 2.18. The molecule has 1 N–H and O–H groups in total. The van der Waals surface area contributed by atoms with Gasteiger partial charge in [-0.2, -0.15) is 10.4 Å². The van der Waals surface area contributed by atoms with E-state index >= 15 is 0 Å². The molecule has 1 amide bonds. The third-order valence-corrected chi connectivity index (χ3v) is 3.96. The predicted molar refractivity (Wildman–Crippen MR) is 87.6 cm³/mol. The van der Waals surface area contributed by atoms with Crippen molar-refractivity contribution in [3.05, 3.63) is 42.5 Å². The summed E-state index contributed by atoms with van der Waals surface area (Å²) in [5, 5.41) is 15.8. The number of nitrogens with zero attached hydrogens (tertiary/aromatic N) is 4. The number of aryl methyl sites for hydroxylation is 1. The van der Waals surface area contributed by atoms with Crippen LogP contribution in [0.2, 0.25) is 0 Å². The maximum Gasteiger partial charge on any atom is 0.222 e. The Bertz CT molecular complexity index is 724. The molecular formula is C17H19N5O3. The monoisotopic (exact) mass is 341 g/mol. The summed E-state index contributed by atoms with van der Waals surface area (Å²) in [6.45, 7) is 1.48. The first kappa shape index (κ1) is 16.9. The van der Waals surface area contributed by atoms with Crippen molar-refractivity contribution in [3.8, 4) is 11.8 Å². The molecule has 0 bridgehead atoms. The van der Waals surface area contributed by atoms with E-state index in [0.717, 1.165) is 0 Å². The van der Waals surface area contributed by atoms with Gasteiger partial charge >= 0.3 is 0 Å². The fourth-order valence-corrected chi connectivity index (χ4v) is 2.62. The largest absolute Gasteiger partial charge is 0.486 e. The van der Waals surface area contributed by atoms with E-state index in [1.54, 1.807) is 35.3 Å². The maximum absolute atomic E-state index is 12.2. The Hall–Kier alpha value is -2.92. The van der Waals surface area contributed by atoms with Gasteiger partial charge < -0.3 is 14.8 Å². The molecule has 1 aliphatic heterocycles. The van der Waals surface area contributed by atoms with E-state index < -0.39 is 0 Å². The zero-order valence-electron chi connectivity index (χ0n) is 13.7. The van der Waals surface area contributed by atoms with Gasteiger partial charge in [0.15, 0.2) is 0 Å². The summed E-state index contributed by atoms with van der Waals surface area (Å²) in [5.41, 5.74) is 0.574. The number of benzene rings is 1. The summed E-state index contributed by atoms with van der Waals surface area (Å²) in [7, 11) is 0. The second-order valence-corrected chi connectivity index (χ2v) is 5.74. The highest BCUT2D eigenvalue weighted by Gasteiger charge is 2.28. The zero-order valence-corrected chi connectivity index (χ0v) is 13.7. The summed E-state index contributed by atoms with van der Waals surface area (Å²) in [6, 6.07) is 8.84. The van der Waals surface area contributed by atoms with Gasteiger partial charge in [-0.15, -0.1) is 0 Å². The summed E-state index contributed by atoms with van der Waals surface area (Å²) < 4.78 is 13.0. The van der Waals surface area contributed by atoms with Gasteiger partial charge in [-0.1, -0.05) is 0 Å². The number of nitrogens with one attached hydrogen (secondary N) is 1. The molecule has 8 heteroatoms. The number of rotatable bonds is 6. The van der Waals surface area contributed by atoms with Gasteiger partial charge in [0.2, 0.25) is 5.91 Å². The van der Waals surface area contributed by atoms with Crippen LogP contribution in [0.4, 0.5) is 0 Å². The molecule has 1 fully saturated rings. The Morgan fingerprint density at radius 2 is 2.28 bits per heavy atom. The number of amides is 1. The van der Waals surface area contributed by atoms with Crippen LogP contribution in [-0.2, 0) is 16.1 Å². The van der Waals surface area contributed by atoms with Crippen LogP contribution in [0.1, 0.15) is 18.4 Å². The number of carbonyl (C=O) groups excluding carboxylic acids is 1. The molecule has 0 aliphatic carbocycles. The lowest BCUT2D eigenvalue weighted by atomic mass is 10.1. The molecule has 1 aliphatic rings. The third kappa shape index (κ3) is 4.78. The van der Waals surface area contributed by atoms with Crippen LogP contribution in [0.15, 0.2) is 36.9 Å². The van der Waals surface area contributed by atoms with Crippen LogP contribution in [0.25, 0.3) is 0 Å². The molecule has 1 aromatic heterocycles. The first-order valence-corrected chi connectivity index (χ1v) is 8.11. The van der Waals surface area contributed by atoms with Gasteiger partial charge in [-0.25, -0.2) is 4.98 Å². The SMILES string of the molecule is N#Cc1ccc(O[C@@H]2COCC[C@H]2NC(=O)CCn2cncn2)cc1. The molecule has 2 aromatic rings. The van der Waals surface area contributed by atoms with E-state index in [2.05, 4.69) is 21.5 Å². The minimum Gasteiger partial charge on any atom is -0.486 e. The lowest BCUT2D eigenvalue weighted by Crippen LogP contribution is -2.51. The molecule has 8 nitrogen and oxygen atoms in total. The molecule has 1 aromatic carbocycles. The Morgan fingerprint density at radius 1 is 1.44 bits per heavy atom. The predicted octanol–water partition coefficient (Wildman–Crippen LogP) is 0.893. The Morgan fingerprint density at radius 3 is 3.00 bits per heavy atom. The van der Waals surface area contributed by atoms with Gasteiger partial charge in [-0.3, -0.25) is 9.48 Å². The second kappa shape index (κ2) is 8.26. The molecule has 25 heavy (non-hydrogen) atoms. The van der Waals surface area contributed by atoms with E-state index in [-0.39, 0.29) is 18.1 Å². The maximum atomic E-state index is 12.2. The van der Waals surface area contributed by atoms with Gasteiger partial charge in [0, 0.05) is 13.0 Å². The zero-order chi connectivity index (χ0) is 17.5. The van der Waals surface area contributed by atoms with Crippen LogP contribution in [-0.4, -0.2) is 46.0 Å².